The summed E-state index contributed by atoms with van der Waals surface area (Å²) < 4.78 is 33.3. The number of esters is 2. The maximum absolute atomic E-state index is 12.8. The molecule has 0 aromatic carbocycles. The Hall–Kier alpha value is -3.27. The molecule has 1 saturated carbocycles. The summed E-state index contributed by atoms with van der Waals surface area (Å²) in [6.45, 7) is 2.97. The van der Waals surface area contributed by atoms with Gasteiger partial charge in [-0.2, -0.15) is 0 Å². The molecule has 0 aliphatic heterocycles. The van der Waals surface area contributed by atoms with Crippen LogP contribution in [0.15, 0.2) is 97.2 Å². The molecule has 352 valence electrons. The quantitative estimate of drug-likeness (QED) is 0.0111. The molecule has 0 amide bonds. The lowest BCUT2D eigenvalue weighted by Crippen LogP contribution is -2.64. The van der Waals surface area contributed by atoms with E-state index in [4.69, 9.17) is 18.5 Å². The minimum atomic E-state index is -5.16. The third-order valence-corrected chi connectivity index (χ3v) is 10.5. The van der Waals surface area contributed by atoms with Gasteiger partial charge in [-0.05, 0) is 83.5 Å². The predicted molar refractivity (Wildman–Crippen MR) is 240 cm³/mol. The van der Waals surface area contributed by atoms with Gasteiger partial charge in [0.05, 0.1) is 12.7 Å². The number of phosphoric ester groups is 1. The van der Waals surface area contributed by atoms with Crippen molar-refractivity contribution >= 4 is 19.8 Å². The maximum atomic E-state index is 12.8. The lowest BCUT2D eigenvalue weighted by molar-refractivity contribution is -0.220. The van der Waals surface area contributed by atoms with E-state index in [1.54, 1.807) is 12.2 Å². The van der Waals surface area contributed by atoms with Gasteiger partial charge in [0.15, 0.2) is 6.10 Å². The Morgan fingerprint density at radius 1 is 0.597 bits per heavy atom. The Morgan fingerprint density at radius 2 is 1.11 bits per heavy atom. The molecule has 62 heavy (non-hydrogen) atoms. The van der Waals surface area contributed by atoms with E-state index in [2.05, 4.69) is 62.5 Å². The lowest BCUT2D eigenvalue weighted by Gasteiger charge is -2.41. The Kier molecular flexibility index (Phi) is 33.1. The molecule has 0 radical (unpaired) electrons. The Labute approximate surface area is 369 Å². The third-order valence-electron chi connectivity index (χ3n) is 9.49. The normalized spacial score (nSPS) is 23.3. The van der Waals surface area contributed by atoms with Crippen LogP contribution >= 0.6 is 7.82 Å². The first kappa shape index (κ1) is 56.7. The number of phosphoric acid groups is 1. The number of carbonyl (C=O) groups excluding carboxylic acids is 2. The van der Waals surface area contributed by atoms with Crippen LogP contribution < -0.4 is 0 Å². The molecule has 7 N–H and O–H groups in total. The first-order chi connectivity index (χ1) is 29.8. The average Bonchev–Trinajstić information content (AvgIpc) is 3.25. The molecule has 15 heteroatoms. The molecule has 0 heterocycles. The van der Waals surface area contributed by atoms with Crippen molar-refractivity contribution in [3.05, 3.63) is 97.2 Å². The number of hydrogen-bond donors (Lipinski definition) is 7. The molecule has 0 aromatic rings. The van der Waals surface area contributed by atoms with E-state index in [-0.39, 0.29) is 12.8 Å². The molecule has 1 aliphatic rings. The molecule has 9 atom stereocenters. The number of aliphatic hydroxyl groups excluding tert-OH is 6. The molecule has 0 bridgehead atoms. The SMILES string of the molecule is CC/C=C\C/C=C\CC(O)/C=C/C=C\C/C=C\CCCC(=O)O[C@H](COC(=O)CCCC/C=C\C/C=C\C/C=C\CCCCC)COP(=O)(O)OC1[C@H](O)[C@H](O)C(O)[C@H](O)[C@H]1O. The van der Waals surface area contributed by atoms with E-state index in [1.165, 1.54) is 19.3 Å². The molecule has 1 rings (SSSR count). The molecular weight excluding hydrogens is 819 g/mol. The first-order valence-electron chi connectivity index (χ1n) is 22.1. The fraction of sp³-hybridized carbons (Fsp3) is 0.617. The fourth-order valence-corrected chi connectivity index (χ4v) is 6.85. The minimum Gasteiger partial charge on any atom is -0.462 e. The van der Waals surface area contributed by atoms with Crippen molar-refractivity contribution in [3.8, 4) is 0 Å². The summed E-state index contributed by atoms with van der Waals surface area (Å²) in [6, 6.07) is 0. The Balaban J connectivity index is 2.60. The molecule has 0 spiro atoms. The second-order valence-corrected chi connectivity index (χ2v) is 16.4. The summed E-state index contributed by atoms with van der Waals surface area (Å²) in [5.74, 6) is -1.26. The summed E-state index contributed by atoms with van der Waals surface area (Å²) in [6.07, 6.45) is 30.7. The number of ether oxygens (including phenoxy) is 2. The van der Waals surface area contributed by atoms with Crippen molar-refractivity contribution in [2.75, 3.05) is 13.2 Å². The summed E-state index contributed by atoms with van der Waals surface area (Å²) in [7, 11) is -5.16. The zero-order chi connectivity index (χ0) is 45.9. The van der Waals surface area contributed by atoms with E-state index in [1.807, 2.05) is 36.5 Å². The Morgan fingerprint density at radius 3 is 1.73 bits per heavy atom. The van der Waals surface area contributed by atoms with E-state index < -0.39 is 81.8 Å². The van der Waals surface area contributed by atoms with E-state index >= 15 is 0 Å². The maximum Gasteiger partial charge on any atom is 0.472 e. The van der Waals surface area contributed by atoms with Crippen LogP contribution in [0.1, 0.15) is 123 Å². The second kappa shape index (κ2) is 36.1. The van der Waals surface area contributed by atoms with Crippen LogP contribution in [-0.2, 0) is 32.7 Å². The zero-order valence-electron chi connectivity index (χ0n) is 36.7. The van der Waals surface area contributed by atoms with Gasteiger partial charge >= 0.3 is 19.8 Å². The van der Waals surface area contributed by atoms with E-state index in [0.717, 1.165) is 44.9 Å². The number of hydrogen-bond acceptors (Lipinski definition) is 13. The molecule has 0 saturated heterocycles. The Bertz CT molecular complexity index is 1470. The van der Waals surface area contributed by atoms with Crippen molar-refractivity contribution in [2.24, 2.45) is 0 Å². The number of unbranched alkanes of at least 4 members (excludes halogenated alkanes) is 6. The smallest absolute Gasteiger partial charge is 0.462 e. The van der Waals surface area contributed by atoms with Crippen LogP contribution in [0.5, 0.6) is 0 Å². The van der Waals surface area contributed by atoms with Gasteiger partial charge in [-0.15, -0.1) is 0 Å². The standard InChI is InChI=1S/C47H75O14P/c1-3-5-7-9-11-12-13-14-15-16-17-18-22-26-30-34-40(49)58-36-39(37-59-62(56,57)61-47-45(54)43(52)42(51)44(53)46(47)55)60-41(50)35-31-27-23-20-19-21-25-29-33-38(48)32-28-24-10-8-6-4-2/h6,8,11-12,14-15,17-18,20-21,23-25,28-29,33,38-39,42-48,51-55H,3-5,7,9-10,13,16,19,22,26-27,30-32,34-37H2,1-2H3,(H,56,57)/b8-6-,12-11-,15-14-,18-17-,23-20-,25-21-,28-24-,33-29+/t38?,39-,42?,43-,44+,45-,46-,47?/m1/s1. The van der Waals surface area contributed by atoms with E-state index in [0.29, 0.717) is 32.1 Å². The molecule has 0 aromatic heterocycles. The largest absolute Gasteiger partial charge is 0.472 e. The van der Waals surface area contributed by atoms with Crippen LogP contribution in [0.2, 0.25) is 0 Å². The summed E-state index contributed by atoms with van der Waals surface area (Å²) >= 11 is 0. The summed E-state index contributed by atoms with van der Waals surface area (Å²) in [5.41, 5.74) is 0. The predicted octanol–water partition coefficient (Wildman–Crippen LogP) is 7.24. The van der Waals surface area contributed by atoms with Crippen molar-refractivity contribution in [1.82, 2.24) is 0 Å². The first-order valence-corrected chi connectivity index (χ1v) is 23.6. The highest BCUT2D eigenvalue weighted by molar-refractivity contribution is 7.47. The van der Waals surface area contributed by atoms with Gasteiger partial charge in [0.25, 0.3) is 0 Å². The van der Waals surface area contributed by atoms with E-state index in [9.17, 15) is 49.7 Å². The molecule has 4 unspecified atom stereocenters. The van der Waals surface area contributed by atoms with Crippen LogP contribution in [0.25, 0.3) is 0 Å². The molecule has 1 aliphatic carbocycles. The number of allylic oxidation sites excluding steroid dienone is 14. The second-order valence-electron chi connectivity index (χ2n) is 15.0. The third kappa shape index (κ3) is 28.4. The highest BCUT2D eigenvalue weighted by atomic mass is 31.2. The number of aliphatic hydroxyl groups is 6. The van der Waals surface area contributed by atoms with Crippen LogP contribution in [0.4, 0.5) is 0 Å². The summed E-state index contributed by atoms with van der Waals surface area (Å²) in [4.78, 5) is 35.6. The van der Waals surface area contributed by atoms with Crippen molar-refractivity contribution in [3.63, 3.8) is 0 Å². The van der Waals surface area contributed by atoms with Gasteiger partial charge in [0.1, 0.15) is 43.2 Å². The molecular formula is C47H75O14P. The van der Waals surface area contributed by atoms with Gasteiger partial charge in [0.2, 0.25) is 0 Å². The summed E-state index contributed by atoms with van der Waals surface area (Å²) in [5, 5.41) is 60.1. The fourth-order valence-electron chi connectivity index (χ4n) is 5.88. The number of rotatable bonds is 34. The lowest BCUT2D eigenvalue weighted by atomic mass is 9.85. The topological polar surface area (TPSA) is 230 Å². The minimum absolute atomic E-state index is 0.0279. The molecule has 14 nitrogen and oxygen atoms in total. The molecule has 1 fully saturated rings. The highest BCUT2D eigenvalue weighted by Crippen LogP contribution is 2.47. The van der Waals surface area contributed by atoms with Gasteiger partial charge in [0, 0.05) is 12.8 Å². The van der Waals surface area contributed by atoms with Gasteiger partial charge < -0.3 is 45.0 Å². The average molecular weight is 895 g/mol. The van der Waals surface area contributed by atoms with Crippen LogP contribution in [0, 0.1) is 0 Å². The monoisotopic (exact) mass is 894 g/mol. The number of carbonyl (C=O) groups is 2. The van der Waals surface area contributed by atoms with Crippen molar-refractivity contribution in [1.29, 1.82) is 0 Å². The van der Waals surface area contributed by atoms with Crippen LogP contribution in [-0.4, -0.2) is 110 Å². The zero-order valence-corrected chi connectivity index (χ0v) is 37.6. The van der Waals surface area contributed by atoms with Gasteiger partial charge in [-0.3, -0.25) is 18.6 Å². The van der Waals surface area contributed by atoms with Crippen molar-refractivity contribution in [2.45, 2.75) is 172 Å². The highest BCUT2D eigenvalue weighted by Gasteiger charge is 2.51. The van der Waals surface area contributed by atoms with Crippen molar-refractivity contribution < 1.29 is 68.2 Å². The van der Waals surface area contributed by atoms with Gasteiger partial charge in [-0.25, -0.2) is 4.57 Å². The van der Waals surface area contributed by atoms with Crippen LogP contribution in [0.3, 0.4) is 0 Å². The van der Waals surface area contributed by atoms with Gasteiger partial charge in [-0.1, -0.05) is 124 Å².